The Morgan fingerprint density at radius 3 is 1.38 bits per heavy atom. The average molecular weight is 696 g/mol. The van der Waals surface area contributed by atoms with Gasteiger partial charge in [-0.1, -0.05) is 176 Å². The lowest BCUT2D eigenvalue weighted by atomic mass is 9.85. The molecule has 0 atom stereocenters. The van der Waals surface area contributed by atoms with Crippen molar-refractivity contribution >= 4 is 86.4 Å². The van der Waals surface area contributed by atoms with E-state index < -0.39 is 0 Å². The van der Waals surface area contributed by atoms with Crippen LogP contribution < -0.4 is 0 Å². The van der Waals surface area contributed by atoms with Gasteiger partial charge in [0.1, 0.15) is 0 Å². The Morgan fingerprint density at radius 1 is 0.255 bits per heavy atom. The lowest BCUT2D eigenvalue weighted by molar-refractivity contribution is 1.18. The molecule has 1 aromatic heterocycles. The Labute approximate surface area is 317 Å². The summed E-state index contributed by atoms with van der Waals surface area (Å²) in [5.74, 6) is 0. The minimum absolute atomic E-state index is 1.17. The first-order valence-electron chi connectivity index (χ1n) is 19.1. The Hall–Kier alpha value is -7.22. The topological polar surface area (TPSA) is 4.93 Å². The summed E-state index contributed by atoms with van der Waals surface area (Å²) < 4.78 is 2.44. The predicted octanol–water partition coefficient (Wildman–Crippen LogP) is 15.0. The molecule has 254 valence electrons. The average Bonchev–Trinajstić information content (AvgIpc) is 3.61. The highest BCUT2D eigenvalue weighted by Crippen LogP contribution is 2.46. The van der Waals surface area contributed by atoms with Crippen LogP contribution in [-0.2, 0) is 0 Å². The first kappa shape index (κ1) is 30.3. The van der Waals surface area contributed by atoms with Crippen LogP contribution >= 0.6 is 0 Å². The number of nitrogens with zero attached hydrogens (tertiary/aromatic N) is 1. The van der Waals surface area contributed by atoms with E-state index in [0.29, 0.717) is 0 Å². The second-order valence-corrected chi connectivity index (χ2v) is 14.7. The summed E-state index contributed by atoms with van der Waals surface area (Å²) in [4.78, 5) is 0. The smallest absolute Gasteiger partial charge is 0.0619 e. The number of hydrogen-bond donors (Lipinski definition) is 0. The van der Waals surface area contributed by atoms with Crippen LogP contribution in [0.25, 0.3) is 114 Å². The summed E-state index contributed by atoms with van der Waals surface area (Å²) in [5.41, 5.74) is 8.55. The molecule has 1 nitrogen and oxygen atoms in total. The van der Waals surface area contributed by atoms with Crippen molar-refractivity contribution in [1.29, 1.82) is 0 Å². The summed E-state index contributed by atoms with van der Waals surface area (Å²) >= 11 is 0. The highest BCUT2D eigenvalue weighted by molar-refractivity contribution is 6.39. The van der Waals surface area contributed by atoms with E-state index >= 15 is 0 Å². The van der Waals surface area contributed by atoms with Crippen LogP contribution in [0.5, 0.6) is 0 Å². The number of para-hydroxylation sites is 3. The maximum absolute atomic E-state index is 2.44. The molecule has 0 aliphatic carbocycles. The van der Waals surface area contributed by atoms with E-state index in [0.717, 1.165) is 0 Å². The van der Waals surface area contributed by atoms with Crippen LogP contribution in [0.3, 0.4) is 0 Å². The summed E-state index contributed by atoms with van der Waals surface area (Å²) in [6, 6.07) is 73.9. The molecule has 0 N–H and O–H groups in total. The molecular formula is C54H33N. The normalized spacial score (nSPS) is 12.0. The molecule has 12 aromatic rings. The van der Waals surface area contributed by atoms with Crippen LogP contribution in [0.4, 0.5) is 0 Å². The summed E-state index contributed by atoms with van der Waals surface area (Å²) in [5, 5.41) is 18.1. The van der Waals surface area contributed by atoms with Gasteiger partial charge in [-0.2, -0.15) is 0 Å². The van der Waals surface area contributed by atoms with Crippen LogP contribution in [0.1, 0.15) is 0 Å². The minimum Gasteiger partial charge on any atom is -0.309 e. The monoisotopic (exact) mass is 695 g/mol. The van der Waals surface area contributed by atoms with Gasteiger partial charge >= 0.3 is 0 Å². The third kappa shape index (κ3) is 4.30. The van der Waals surface area contributed by atoms with Gasteiger partial charge in [-0.25, -0.2) is 0 Å². The van der Waals surface area contributed by atoms with Gasteiger partial charge in [0.25, 0.3) is 0 Å². The third-order valence-electron chi connectivity index (χ3n) is 11.9. The molecule has 0 saturated heterocycles. The molecule has 11 aromatic carbocycles. The van der Waals surface area contributed by atoms with Gasteiger partial charge in [0.2, 0.25) is 0 Å². The molecule has 1 heteroatoms. The van der Waals surface area contributed by atoms with Crippen molar-refractivity contribution in [3.63, 3.8) is 0 Å². The Bertz CT molecular complexity index is 3530. The second-order valence-electron chi connectivity index (χ2n) is 14.7. The molecule has 55 heavy (non-hydrogen) atoms. The third-order valence-corrected chi connectivity index (χ3v) is 11.9. The summed E-state index contributed by atoms with van der Waals surface area (Å²) in [7, 11) is 0. The Balaban J connectivity index is 1.13. The SMILES string of the molecule is c1ccc(-n2c3ccccc3c3cccc(-c4ccc(-c5ccc6c(c5)c5ccccc5c5c7ccccc7c7ccccc7c65)c5ccccc45)c32)cc1. The quantitative estimate of drug-likeness (QED) is 0.162. The highest BCUT2D eigenvalue weighted by Gasteiger charge is 2.20. The second kappa shape index (κ2) is 11.6. The van der Waals surface area contributed by atoms with Gasteiger partial charge in [-0.3, -0.25) is 0 Å². The molecule has 12 rings (SSSR count). The molecule has 0 aliphatic rings. The minimum atomic E-state index is 1.17. The summed E-state index contributed by atoms with van der Waals surface area (Å²) in [6.45, 7) is 0. The molecular weight excluding hydrogens is 663 g/mol. The lowest BCUT2D eigenvalue weighted by Crippen LogP contribution is -1.95. The van der Waals surface area contributed by atoms with Crippen molar-refractivity contribution in [3.05, 3.63) is 200 Å². The molecule has 0 amide bonds. The molecule has 0 saturated carbocycles. The number of aromatic nitrogens is 1. The molecule has 0 bridgehead atoms. The molecule has 0 aliphatic heterocycles. The molecule has 1 heterocycles. The van der Waals surface area contributed by atoms with Crippen molar-refractivity contribution in [3.8, 4) is 27.9 Å². The number of fused-ring (bicyclic) bond motifs is 15. The number of hydrogen-bond acceptors (Lipinski definition) is 0. The fourth-order valence-corrected chi connectivity index (χ4v) is 9.66. The van der Waals surface area contributed by atoms with Crippen molar-refractivity contribution in [2.24, 2.45) is 0 Å². The van der Waals surface area contributed by atoms with Gasteiger partial charge in [-0.15, -0.1) is 0 Å². The van der Waals surface area contributed by atoms with Crippen LogP contribution in [0, 0.1) is 0 Å². The molecule has 0 spiro atoms. The van der Waals surface area contributed by atoms with Gasteiger partial charge in [-0.05, 0) is 106 Å². The van der Waals surface area contributed by atoms with Gasteiger partial charge in [0.15, 0.2) is 0 Å². The van der Waals surface area contributed by atoms with Gasteiger partial charge in [0, 0.05) is 22.0 Å². The maximum Gasteiger partial charge on any atom is 0.0619 e. The number of rotatable bonds is 3. The Morgan fingerprint density at radius 2 is 0.727 bits per heavy atom. The Kier molecular flexibility index (Phi) is 6.40. The van der Waals surface area contributed by atoms with E-state index in [2.05, 4.69) is 205 Å². The zero-order valence-corrected chi connectivity index (χ0v) is 30.0. The van der Waals surface area contributed by atoms with Crippen molar-refractivity contribution in [1.82, 2.24) is 4.57 Å². The highest BCUT2D eigenvalue weighted by atomic mass is 15.0. The molecule has 0 fully saturated rings. The predicted molar refractivity (Wildman–Crippen MR) is 237 cm³/mol. The summed E-state index contributed by atoms with van der Waals surface area (Å²) in [6.07, 6.45) is 0. The first-order valence-corrected chi connectivity index (χ1v) is 19.1. The van der Waals surface area contributed by atoms with Crippen molar-refractivity contribution in [2.75, 3.05) is 0 Å². The first-order chi connectivity index (χ1) is 27.3. The van der Waals surface area contributed by atoms with Crippen molar-refractivity contribution in [2.45, 2.75) is 0 Å². The van der Waals surface area contributed by atoms with E-state index in [1.807, 2.05) is 0 Å². The zero-order chi connectivity index (χ0) is 36.0. The zero-order valence-electron chi connectivity index (χ0n) is 30.0. The fourth-order valence-electron chi connectivity index (χ4n) is 9.66. The van der Waals surface area contributed by atoms with E-state index in [9.17, 15) is 0 Å². The lowest BCUT2D eigenvalue weighted by Gasteiger charge is -2.18. The fraction of sp³-hybridized carbons (Fsp3) is 0. The largest absolute Gasteiger partial charge is 0.309 e. The van der Waals surface area contributed by atoms with Crippen molar-refractivity contribution < 1.29 is 0 Å². The van der Waals surface area contributed by atoms with Crippen LogP contribution in [-0.4, -0.2) is 4.57 Å². The maximum atomic E-state index is 2.44. The standard InChI is InChI=1S/C54H33N/c1-2-15-35(16-3-1)55-51-28-13-12-22-43(51)49-27-14-26-48(54(49)55)42-32-31-36(37-17-4-5-18-38(37)42)34-29-30-47-50(33-34)41-21-8-11-25-46(41)52-44-23-9-6-19-39(44)40-20-7-10-24-45(40)53(47)52/h1-33H. The van der Waals surface area contributed by atoms with E-state index in [-0.39, 0.29) is 0 Å². The molecule has 0 unspecified atom stereocenters. The molecule has 0 radical (unpaired) electrons. The number of benzene rings is 11. The van der Waals surface area contributed by atoms with E-state index in [4.69, 9.17) is 0 Å². The van der Waals surface area contributed by atoms with Gasteiger partial charge < -0.3 is 4.57 Å². The van der Waals surface area contributed by atoms with Crippen LogP contribution in [0.2, 0.25) is 0 Å². The van der Waals surface area contributed by atoms with E-state index in [1.54, 1.807) is 0 Å². The van der Waals surface area contributed by atoms with Gasteiger partial charge in [0.05, 0.1) is 11.0 Å². The van der Waals surface area contributed by atoms with Crippen LogP contribution in [0.15, 0.2) is 200 Å². The van der Waals surface area contributed by atoms with E-state index in [1.165, 1.54) is 114 Å².